The molecule has 0 unspecified atom stereocenters. The van der Waals surface area contributed by atoms with Crippen LogP contribution in [-0.4, -0.2) is 27.9 Å². The number of carbonyl (C=O) groups is 3. The van der Waals surface area contributed by atoms with Crippen LogP contribution >= 0.6 is 0 Å². The first-order valence-corrected chi connectivity index (χ1v) is 10.0. The highest BCUT2D eigenvalue weighted by atomic mass is 19.1. The number of anilines is 1. The van der Waals surface area contributed by atoms with Crippen molar-refractivity contribution in [3.8, 4) is 0 Å². The molecule has 1 atom stereocenters. The van der Waals surface area contributed by atoms with Crippen LogP contribution in [0.3, 0.4) is 0 Å². The largest absolute Gasteiger partial charge is 0.503 e. The average Bonchev–Trinajstić information content (AvgIpc) is 3.09. The summed E-state index contributed by atoms with van der Waals surface area (Å²) in [5, 5.41) is 20.0. The van der Waals surface area contributed by atoms with E-state index >= 15 is 0 Å². The van der Waals surface area contributed by atoms with E-state index < -0.39 is 35.3 Å². The van der Waals surface area contributed by atoms with Crippen molar-refractivity contribution < 1.29 is 29.0 Å². The van der Waals surface area contributed by atoms with Crippen LogP contribution in [0.25, 0.3) is 6.08 Å². The molecule has 7 heteroatoms. The highest BCUT2D eigenvalue weighted by molar-refractivity contribution is 6.20. The highest BCUT2D eigenvalue weighted by Crippen LogP contribution is 2.42. The first-order chi connectivity index (χ1) is 15.9. The normalized spacial score (nSPS) is 16.0. The smallest absolute Gasteiger partial charge is 0.335 e. The van der Waals surface area contributed by atoms with E-state index in [4.69, 9.17) is 0 Å². The number of hydrogen-bond acceptors (Lipinski definition) is 4. The Kier molecular flexibility index (Phi) is 5.87. The summed E-state index contributed by atoms with van der Waals surface area (Å²) < 4.78 is 14.8. The molecule has 1 aliphatic rings. The molecular weight excluding hydrogens is 425 g/mol. The second-order valence-corrected chi connectivity index (χ2v) is 7.33. The molecular formula is C26H18FNO5. The summed E-state index contributed by atoms with van der Waals surface area (Å²) in [6.45, 7) is 0. The fraction of sp³-hybridized carbons (Fsp3) is 0.0385. The number of ketones is 1. The Morgan fingerprint density at radius 3 is 2.33 bits per heavy atom. The molecule has 0 aliphatic carbocycles. The van der Waals surface area contributed by atoms with E-state index in [0.717, 1.165) is 10.5 Å². The summed E-state index contributed by atoms with van der Waals surface area (Å²) >= 11 is 0. The lowest BCUT2D eigenvalue weighted by molar-refractivity contribution is -0.117. The van der Waals surface area contributed by atoms with Gasteiger partial charge >= 0.3 is 5.97 Å². The Bertz CT molecular complexity index is 1310. The quantitative estimate of drug-likeness (QED) is 0.538. The van der Waals surface area contributed by atoms with Crippen molar-refractivity contribution >= 4 is 29.4 Å². The Hall–Kier alpha value is -4.52. The topological polar surface area (TPSA) is 94.9 Å². The first-order valence-electron chi connectivity index (χ1n) is 10.0. The van der Waals surface area contributed by atoms with Crippen molar-refractivity contribution in [2.24, 2.45) is 0 Å². The summed E-state index contributed by atoms with van der Waals surface area (Å²) in [6, 6.07) is 18.7. The molecule has 0 bridgehead atoms. The molecule has 3 aromatic carbocycles. The molecule has 2 N–H and O–H groups in total. The zero-order valence-electron chi connectivity index (χ0n) is 17.2. The molecule has 0 saturated heterocycles. The van der Waals surface area contributed by atoms with Gasteiger partial charge in [0.1, 0.15) is 5.82 Å². The van der Waals surface area contributed by atoms with Crippen molar-refractivity contribution in [3.63, 3.8) is 0 Å². The molecule has 0 saturated carbocycles. The number of allylic oxidation sites excluding steroid dienone is 1. The zero-order valence-corrected chi connectivity index (χ0v) is 17.2. The van der Waals surface area contributed by atoms with Crippen LogP contribution in [0, 0.1) is 5.82 Å². The van der Waals surface area contributed by atoms with E-state index in [9.17, 15) is 29.0 Å². The van der Waals surface area contributed by atoms with E-state index in [1.807, 2.05) is 6.07 Å². The van der Waals surface area contributed by atoms with Crippen molar-refractivity contribution in [1.82, 2.24) is 0 Å². The summed E-state index contributed by atoms with van der Waals surface area (Å²) in [7, 11) is 0. The fourth-order valence-corrected chi connectivity index (χ4v) is 3.73. The number of carboxylic acid groups (broad SMARTS) is 1. The van der Waals surface area contributed by atoms with Gasteiger partial charge in [-0.25, -0.2) is 9.18 Å². The maximum atomic E-state index is 14.8. The third-order valence-electron chi connectivity index (χ3n) is 5.27. The minimum Gasteiger partial charge on any atom is -0.503 e. The summed E-state index contributed by atoms with van der Waals surface area (Å²) in [5.41, 5.74) is 0.430. The number of carbonyl (C=O) groups excluding carboxylic acids is 2. The number of amides is 1. The molecule has 0 spiro atoms. The molecule has 1 heterocycles. The van der Waals surface area contributed by atoms with Crippen molar-refractivity contribution in [2.45, 2.75) is 6.04 Å². The molecule has 164 valence electrons. The number of aliphatic hydroxyl groups excluding tert-OH is 1. The second kappa shape index (κ2) is 8.92. The van der Waals surface area contributed by atoms with Crippen LogP contribution in [-0.2, 0) is 9.59 Å². The van der Waals surface area contributed by atoms with Gasteiger partial charge in [-0.2, -0.15) is 0 Å². The van der Waals surface area contributed by atoms with Gasteiger partial charge in [0.05, 0.1) is 17.2 Å². The summed E-state index contributed by atoms with van der Waals surface area (Å²) in [5.74, 6) is -4.31. The molecule has 1 amide bonds. The fourth-order valence-electron chi connectivity index (χ4n) is 3.73. The van der Waals surface area contributed by atoms with Crippen LogP contribution in [0.4, 0.5) is 10.1 Å². The lowest BCUT2D eigenvalue weighted by Gasteiger charge is -2.27. The monoisotopic (exact) mass is 443 g/mol. The summed E-state index contributed by atoms with van der Waals surface area (Å²) in [6.07, 6.45) is 2.73. The third kappa shape index (κ3) is 4.16. The van der Waals surface area contributed by atoms with Crippen LogP contribution in [0.1, 0.15) is 27.5 Å². The second-order valence-electron chi connectivity index (χ2n) is 7.33. The van der Waals surface area contributed by atoms with Gasteiger partial charge in [-0.1, -0.05) is 60.7 Å². The lowest BCUT2D eigenvalue weighted by Crippen LogP contribution is -2.31. The van der Waals surface area contributed by atoms with Gasteiger partial charge in [-0.15, -0.1) is 0 Å². The number of hydrogen-bond donors (Lipinski definition) is 2. The van der Waals surface area contributed by atoms with E-state index in [2.05, 4.69) is 0 Å². The minimum absolute atomic E-state index is 0.00732. The van der Waals surface area contributed by atoms with Crippen molar-refractivity contribution in [3.05, 3.63) is 119 Å². The van der Waals surface area contributed by atoms with E-state index in [-0.39, 0.29) is 22.4 Å². The standard InChI is InChI=1S/C26H18FNO5/c27-20-12-5-4-11-19(20)23-22(21(29)14-13-16-7-2-1-3-8-16)24(30)25(31)28(23)18-10-6-9-17(15-18)26(32)33/h1-15,23,30H,(H,32,33)/b14-13+/t23-/m0/s1. The maximum absolute atomic E-state index is 14.8. The molecule has 0 radical (unpaired) electrons. The third-order valence-corrected chi connectivity index (χ3v) is 5.27. The van der Waals surface area contributed by atoms with Gasteiger partial charge in [0.15, 0.2) is 11.5 Å². The van der Waals surface area contributed by atoms with Gasteiger partial charge < -0.3 is 10.2 Å². The van der Waals surface area contributed by atoms with Gasteiger partial charge in [0.2, 0.25) is 0 Å². The minimum atomic E-state index is -1.28. The maximum Gasteiger partial charge on any atom is 0.335 e. The van der Waals surface area contributed by atoms with Gasteiger partial charge in [-0.3, -0.25) is 14.5 Å². The Balaban J connectivity index is 1.83. The Morgan fingerprint density at radius 1 is 0.939 bits per heavy atom. The first kappa shape index (κ1) is 21.7. The molecule has 3 aromatic rings. The molecule has 0 aromatic heterocycles. The number of halogens is 1. The number of aliphatic hydroxyl groups is 1. The average molecular weight is 443 g/mol. The number of nitrogens with zero attached hydrogens (tertiary/aromatic N) is 1. The van der Waals surface area contributed by atoms with E-state index in [1.165, 1.54) is 54.6 Å². The zero-order chi connectivity index (χ0) is 23.5. The van der Waals surface area contributed by atoms with Crippen LogP contribution in [0.15, 0.2) is 96.3 Å². The van der Waals surface area contributed by atoms with Gasteiger partial charge in [0, 0.05) is 11.3 Å². The predicted molar refractivity (Wildman–Crippen MR) is 120 cm³/mol. The number of rotatable bonds is 6. The van der Waals surface area contributed by atoms with Crippen LogP contribution < -0.4 is 4.90 Å². The van der Waals surface area contributed by atoms with E-state index in [1.54, 1.807) is 30.3 Å². The number of carboxylic acids is 1. The highest BCUT2D eigenvalue weighted by Gasteiger charge is 2.44. The van der Waals surface area contributed by atoms with Gasteiger partial charge in [-0.05, 0) is 35.9 Å². The molecule has 4 rings (SSSR count). The molecule has 1 aliphatic heterocycles. The Morgan fingerprint density at radius 2 is 1.64 bits per heavy atom. The predicted octanol–water partition coefficient (Wildman–Crippen LogP) is 4.71. The molecule has 6 nitrogen and oxygen atoms in total. The van der Waals surface area contributed by atoms with E-state index in [0.29, 0.717) is 0 Å². The molecule has 33 heavy (non-hydrogen) atoms. The lowest BCUT2D eigenvalue weighted by atomic mass is 9.94. The SMILES string of the molecule is O=C(/C=C/c1ccccc1)C1=C(O)C(=O)N(c2cccc(C(=O)O)c2)[C@H]1c1ccccc1F. The van der Waals surface area contributed by atoms with Crippen LogP contribution in [0.5, 0.6) is 0 Å². The van der Waals surface area contributed by atoms with Gasteiger partial charge in [0.25, 0.3) is 5.91 Å². The van der Waals surface area contributed by atoms with Crippen molar-refractivity contribution in [2.75, 3.05) is 4.90 Å². The van der Waals surface area contributed by atoms with Crippen molar-refractivity contribution in [1.29, 1.82) is 0 Å². The molecule has 0 fully saturated rings. The van der Waals surface area contributed by atoms with Crippen LogP contribution in [0.2, 0.25) is 0 Å². The Labute approximate surface area is 188 Å². The number of benzene rings is 3. The number of aromatic carboxylic acids is 1. The summed E-state index contributed by atoms with van der Waals surface area (Å²) in [4.78, 5) is 38.6.